The average molecular weight is 269 g/mol. The number of hydrogen-bond acceptors (Lipinski definition) is 2. The SMILES string of the molecule is CCOc1ccc(CC(CN)c2cccc(C)c2)cc1. The topological polar surface area (TPSA) is 35.2 Å². The number of ether oxygens (including phenoxy) is 1. The Hall–Kier alpha value is -1.80. The molecule has 0 aliphatic carbocycles. The molecular weight excluding hydrogens is 246 g/mol. The summed E-state index contributed by atoms with van der Waals surface area (Å²) in [5, 5.41) is 0. The van der Waals surface area contributed by atoms with Gasteiger partial charge < -0.3 is 10.5 Å². The predicted molar refractivity (Wildman–Crippen MR) is 84.3 cm³/mol. The molecule has 106 valence electrons. The highest BCUT2D eigenvalue weighted by molar-refractivity contribution is 5.31. The smallest absolute Gasteiger partial charge is 0.119 e. The van der Waals surface area contributed by atoms with Gasteiger partial charge in [-0.2, -0.15) is 0 Å². The first-order chi connectivity index (χ1) is 9.72. The Bertz CT molecular complexity index is 533. The molecule has 0 saturated heterocycles. The van der Waals surface area contributed by atoms with Gasteiger partial charge in [0.1, 0.15) is 5.75 Å². The van der Waals surface area contributed by atoms with Crippen LogP contribution in [0.5, 0.6) is 5.75 Å². The highest BCUT2D eigenvalue weighted by atomic mass is 16.5. The third kappa shape index (κ3) is 3.84. The zero-order valence-electron chi connectivity index (χ0n) is 12.3. The predicted octanol–water partition coefficient (Wildman–Crippen LogP) is 3.68. The van der Waals surface area contributed by atoms with E-state index in [0.29, 0.717) is 19.1 Å². The van der Waals surface area contributed by atoms with E-state index in [2.05, 4.69) is 43.3 Å². The van der Waals surface area contributed by atoms with Crippen LogP contribution in [0.3, 0.4) is 0 Å². The summed E-state index contributed by atoms with van der Waals surface area (Å²) < 4.78 is 5.47. The van der Waals surface area contributed by atoms with Crippen LogP contribution >= 0.6 is 0 Å². The van der Waals surface area contributed by atoms with Gasteiger partial charge >= 0.3 is 0 Å². The molecule has 2 heteroatoms. The van der Waals surface area contributed by atoms with E-state index in [0.717, 1.165) is 12.2 Å². The molecule has 0 saturated carbocycles. The second-order valence-electron chi connectivity index (χ2n) is 5.13. The number of aryl methyl sites for hydroxylation is 1. The van der Waals surface area contributed by atoms with Crippen molar-refractivity contribution in [2.45, 2.75) is 26.2 Å². The van der Waals surface area contributed by atoms with Gasteiger partial charge in [-0.15, -0.1) is 0 Å². The summed E-state index contributed by atoms with van der Waals surface area (Å²) in [5.74, 6) is 1.30. The molecule has 0 fully saturated rings. The Labute approximate surface area is 121 Å². The maximum Gasteiger partial charge on any atom is 0.119 e. The van der Waals surface area contributed by atoms with E-state index < -0.39 is 0 Å². The van der Waals surface area contributed by atoms with Gasteiger partial charge in [-0.25, -0.2) is 0 Å². The summed E-state index contributed by atoms with van der Waals surface area (Å²) in [6, 6.07) is 16.9. The zero-order valence-corrected chi connectivity index (χ0v) is 12.3. The fourth-order valence-electron chi connectivity index (χ4n) is 2.43. The molecule has 2 aromatic carbocycles. The Balaban J connectivity index is 2.09. The number of rotatable bonds is 6. The quantitative estimate of drug-likeness (QED) is 0.868. The second-order valence-corrected chi connectivity index (χ2v) is 5.13. The van der Waals surface area contributed by atoms with Crippen molar-refractivity contribution in [2.75, 3.05) is 13.2 Å². The normalized spacial score (nSPS) is 12.2. The Morgan fingerprint density at radius 2 is 1.85 bits per heavy atom. The maximum atomic E-state index is 5.96. The molecule has 2 rings (SSSR count). The molecule has 0 bridgehead atoms. The fraction of sp³-hybridized carbons (Fsp3) is 0.333. The van der Waals surface area contributed by atoms with Crippen LogP contribution in [0.1, 0.15) is 29.5 Å². The first-order valence-electron chi connectivity index (χ1n) is 7.21. The van der Waals surface area contributed by atoms with E-state index in [1.54, 1.807) is 0 Å². The van der Waals surface area contributed by atoms with Crippen molar-refractivity contribution in [1.82, 2.24) is 0 Å². The highest BCUT2D eigenvalue weighted by Gasteiger charge is 2.10. The van der Waals surface area contributed by atoms with Crippen LogP contribution in [-0.4, -0.2) is 13.2 Å². The maximum absolute atomic E-state index is 5.96. The lowest BCUT2D eigenvalue weighted by Gasteiger charge is -2.16. The van der Waals surface area contributed by atoms with E-state index >= 15 is 0 Å². The van der Waals surface area contributed by atoms with Gasteiger partial charge in [0.15, 0.2) is 0 Å². The summed E-state index contributed by atoms with van der Waals surface area (Å²) in [7, 11) is 0. The second kappa shape index (κ2) is 7.11. The Morgan fingerprint density at radius 3 is 2.45 bits per heavy atom. The molecule has 1 atom stereocenters. The van der Waals surface area contributed by atoms with E-state index in [1.807, 2.05) is 19.1 Å². The minimum absolute atomic E-state index is 0.368. The van der Waals surface area contributed by atoms with Crippen molar-refractivity contribution < 1.29 is 4.74 Å². The Kier molecular flexibility index (Phi) is 5.19. The van der Waals surface area contributed by atoms with Crippen LogP contribution in [0.15, 0.2) is 48.5 Å². The van der Waals surface area contributed by atoms with Crippen LogP contribution in [0.2, 0.25) is 0 Å². The van der Waals surface area contributed by atoms with E-state index in [9.17, 15) is 0 Å². The lowest BCUT2D eigenvalue weighted by molar-refractivity contribution is 0.340. The van der Waals surface area contributed by atoms with Crippen molar-refractivity contribution >= 4 is 0 Å². The summed E-state index contributed by atoms with van der Waals surface area (Å²) >= 11 is 0. The molecule has 2 N–H and O–H groups in total. The molecular formula is C18H23NO. The molecule has 0 aliphatic rings. The molecule has 0 heterocycles. The van der Waals surface area contributed by atoms with Crippen molar-refractivity contribution in [2.24, 2.45) is 5.73 Å². The molecule has 2 aromatic rings. The average Bonchev–Trinajstić information content (AvgIpc) is 2.47. The van der Waals surface area contributed by atoms with Crippen molar-refractivity contribution in [3.05, 3.63) is 65.2 Å². The largest absolute Gasteiger partial charge is 0.494 e. The minimum Gasteiger partial charge on any atom is -0.494 e. The molecule has 2 nitrogen and oxygen atoms in total. The minimum atomic E-state index is 0.368. The standard InChI is InChI=1S/C18H23NO/c1-3-20-18-9-7-15(8-10-18)12-17(13-19)16-6-4-5-14(2)11-16/h4-11,17H,3,12-13,19H2,1-2H3. The highest BCUT2D eigenvalue weighted by Crippen LogP contribution is 2.22. The molecule has 1 unspecified atom stereocenters. The van der Waals surface area contributed by atoms with Gasteiger partial charge in [0.05, 0.1) is 6.61 Å². The lowest BCUT2D eigenvalue weighted by atomic mass is 9.91. The summed E-state index contributed by atoms with van der Waals surface area (Å²) in [6.07, 6.45) is 0.965. The molecule has 0 aliphatic heterocycles. The Morgan fingerprint density at radius 1 is 1.10 bits per heavy atom. The lowest BCUT2D eigenvalue weighted by Crippen LogP contribution is -2.15. The third-order valence-corrected chi connectivity index (χ3v) is 3.51. The molecule has 0 amide bonds. The van der Waals surface area contributed by atoms with Crippen molar-refractivity contribution in [1.29, 1.82) is 0 Å². The van der Waals surface area contributed by atoms with E-state index in [4.69, 9.17) is 10.5 Å². The van der Waals surface area contributed by atoms with Crippen LogP contribution in [0.25, 0.3) is 0 Å². The van der Waals surface area contributed by atoms with Crippen molar-refractivity contribution in [3.8, 4) is 5.75 Å². The molecule has 0 spiro atoms. The monoisotopic (exact) mass is 269 g/mol. The molecule has 0 aromatic heterocycles. The van der Waals surface area contributed by atoms with Crippen LogP contribution in [-0.2, 0) is 6.42 Å². The number of hydrogen-bond donors (Lipinski definition) is 1. The van der Waals surface area contributed by atoms with E-state index in [1.165, 1.54) is 16.7 Å². The van der Waals surface area contributed by atoms with Crippen molar-refractivity contribution in [3.63, 3.8) is 0 Å². The number of benzene rings is 2. The fourth-order valence-corrected chi connectivity index (χ4v) is 2.43. The summed E-state index contributed by atoms with van der Waals surface area (Å²) in [6.45, 7) is 5.48. The van der Waals surface area contributed by atoms with Gasteiger partial charge in [0, 0.05) is 5.92 Å². The van der Waals surface area contributed by atoms with Crippen LogP contribution in [0.4, 0.5) is 0 Å². The molecule has 0 radical (unpaired) electrons. The van der Waals surface area contributed by atoms with E-state index in [-0.39, 0.29) is 0 Å². The molecule has 20 heavy (non-hydrogen) atoms. The third-order valence-electron chi connectivity index (χ3n) is 3.51. The van der Waals surface area contributed by atoms with Gasteiger partial charge in [0.2, 0.25) is 0 Å². The van der Waals surface area contributed by atoms with Gasteiger partial charge in [-0.05, 0) is 50.1 Å². The van der Waals surface area contributed by atoms with Crippen LogP contribution < -0.4 is 10.5 Å². The zero-order chi connectivity index (χ0) is 14.4. The number of nitrogens with two attached hydrogens (primary N) is 1. The summed E-state index contributed by atoms with van der Waals surface area (Å²) in [5.41, 5.74) is 9.86. The van der Waals surface area contributed by atoms with Gasteiger partial charge in [-0.3, -0.25) is 0 Å². The van der Waals surface area contributed by atoms with Gasteiger partial charge in [0.25, 0.3) is 0 Å². The summed E-state index contributed by atoms with van der Waals surface area (Å²) in [4.78, 5) is 0. The van der Waals surface area contributed by atoms with Crippen LogP contribution in [0, 0.1) is 6.92 Å². The van der Waals surface area contributed by atoms with Gasteiger partial charge in [-0.1, -0.05) is 42.0 Å². The first-order valence-corrected chi connectivity index (χ1v) is 7.21. The first kappa shape index (κ1) is 14.6.